The number of nitrogens with one attached hydrogen (secondary N) is 1. The van der Waals surface area contributed by atoms with Gasteiger partial charge < -0.3 is 19.5 Å². The molecule has 0 saturated heterocycles. The normalized spacial score (nSPS) is 10.6. The molecule has 0 aliphatic heterocycles. The standard InChI is InChI=1S/C24H26BrNO3/c1-27-22-11-7-6-10-19(22)12-13-26-16-20-14-21(25)15-23(28-2)24(20)29-17-18-8-4-3-5-9-18/h3-11,14-15,26H,12-13,16-17H2,1-2H3. The molecule has 3 rings (SSSR count). The lowest BCUT2D eigenvalue weighted by atomic mass is 10.1. The monoisotopic (exact) mass is 455 g/mol. The summed E-state index contributed by atoms with van der Waals surface area (Å²) in [6.45, 7) is 2.00. The molecule has 29 heavy (non-hydrogen) atoms. The maximum atomic E-state index is 6.15. The SMILES string of the molecule is COc1ccccc1CCNCc1cc(Br)cc(OC)c1OCc1ccccc1. The van der Waals surface area contributed by atoms with Crippen molar-refractivity contribution in [2.45, 2.75) is 19.6 Å². The molecule has 0 atom stereocenters. The van der Waals surface area contributed by atoms with Crippen molar-refractivity contribution in [3.05, 3.63) is 87.9 Å². The van der Waals surface area contributed by atoms with Crippen LogP contribution in [0.1, 0.15) is 16.7 Å². The van der Waals surface area contributed by atoms with Crippen molar-refractivity contribution in [2.75, 3.05) is 20.8 Å². The molecule has 5 heteroatoms. The van der Waals surface area contributed by atoms with Gasteiger partial charge in [-0.05, 0) is 42.3 Å². The zero-order valence-corrected chi connectivity index (χ0v) is 18.4. The highest BCUT2D eigenvalue weighted by molar-refractivity contribution is 9.10. The highest BCUT2D eigenvalue weighted by Gasteiger charge is 2.13. The van der Waals surface area contributed by atoms with E-state index in [0.29, 0.717) is 13.2 Å². The van der Waals surface area contributed by atoms with Crippen LogP contribution in [0.15, 0.2) is 71.2 Å². The topological polar surface area (TPSA) is 39.7 Å². The highest BCUT2D eigenvalue weighted by atomic mass is 79.9. The van der Waals surface area contributed by atoms with Gasteiger partial charge in [-0.15, -0.1) is 0 Å². The second kappa shape index (κ2) is 10.9. The van der Waals surface area contributed by atoms with Gasteiger partial charge in [0.2, 0.25) is 0 Å². The third-order valence-corrected chi connectivity index (χ3v) is 5.08. The number of hydrogen-bond donors (Lipinski definition) is 1. The van der Waals surface area contributed by atoms with Crippen LogP contribution in [0.25, 0.3) is 0 Å². The van der Waals surface area contributed by atoms with Crippen molar-refractivity contribution in [2.24, 2.45) is 0 Å². The Labute approximate surface area is 180 Å². The van der Waals surface area contributed by atoms with Crippen LogP contribution in [0, 0.1) is 0 Å². The van der Waals surface area contributed by atoms with Crippen molar-refractivity contribution in [1.29, 1.82) is 0 Å². The molecule has 0 heterocycles. The number of rotatable bonds is 10. The first-order valence-electron chi connectivity index (χ1n) is 9.57. The molecular weight excluding hydrogens is 430 g/mol. The fraction of sp³-hybridized carbons (Fsp3) is 0.250. The summed E-state index contributed by atoms with van der Waals surface area (Å²) in [6, 6.07) is 22.2. The molecular formula is C24H26BrNO3. The van der Waals surface area contributed by atoms with Crippen LogP contribution in [-0.2, 0) is 19.6 Å². The summed E-state index contributed by atoms with van der Waals surface area (Å²) in [6.07, 6.45) is 0.884. The average Bonchev–Trinajstić information content (AvgIpc) is 2.76. The second-order valence-electron chi connectivity index (χ2n) is 6.61. The maximum Gasteiger partial charge on any atom is 0.166 e. The van der Waals surface area contributed by atoms with E-state index in [2.05, 4.69) is 45.5 Å². The minimum atomic E-state index is 0.493. The molecule has 0 amide bonds. The van der Waals surface area contributed by atoms with E-state index in [1.807, 2.05) is 42.5 Å². The second-order valence-corrected chi connectivity index (χ2v) is 7.52. The van der Waals surface area contributed by atoms with Crippen LogP contribution in [0.3, 0.4) is 0 Å². The maximum absolute atomic E-state index is 6.15. The third-order valence-electron chi connectivity index (χ3n) is 4.62. The van der Waals surface area contributed by atoms with Gasteiger partial charge in [-0.3, -0.25) is 0 Å². The van der Waals surface area contributed by atoms with E-state index in [0.717, 1.165) is 45.8 Å². The van der Waals surface area contributed by atoms with Gasteiger partial charge in [0.05, 0.1) is 14.2 Å². The summed E-state index contributed by atoms with van der Waals surface area (Å²) >= 11 is 3.57. The predicted octanol–water partition coefficient (Wildman–Crippen LogP) is 5.38. The van der Waals surface area contributed by atoms with Crippen molar-refractivity contribution in [3.63, 3.8) is 0 Å². The molecule has 152 valence electrons. The van der Waals surface area contributed by atoms with Gasteiger partial charge in [-0.25, -0.2) is 0 Å². The third kappa shape index (κ3) is 5.99. The van der Waals surface area contributed by atoms with Gasteiger partial charge in [0, 0.05) is 16.6 Å². The first-order chi connectivity index (χ1) is 14.2. The molecule has 4 nitrogen and oxygen atoms in total. The van der Waals surface area contributed by atoms with E-state index in [1.165, 1.54) is 5.56 Å². The van der Waals surface area contributed by atoms with Gasteiger partial charge in [0.25, 0.3) is 0 Å². The van der Waals surface area contributed by atoms with Gasteiger partial charge in [-0.1, -0.05) is 64.5 Å². The van der Waals surface area contributed by atoms with Crippen molar-refractivity contribution in [3.8, 4) is 17.2 Å². The number of para-hydroxylation sites is 1. The van der Waals surface area contributed by atoms with Crippen molar-refractivity contribution in [1.82, 2.24) is 5.32 Å². The number of ether oxygens (including phenoxy) is 3. The van der Waals surface area contributed by atoms with Crippen LogP contribution < -0.4 is 19.5 Å². The lowest BCUT2D eigenvalue weighted by Crippen LogP contribution is -2.18. The smallest absolute Gasteiger partial charge is 0.166 e. The Morgan fingerprint density at radius 1 is 0.828 bits per heavy atom. The summed E-state index contributed by atoms with van der Waals surface area (Å²) in [4.78, 5) is 0. The Kier molecular flexibility index (Phi) is 7.96. The van der Waals surface area contributed by atoms with Crippen LogP contribution in [0.2, 0.25) is 0 Å². The zero-order chi connectivity index (χ0) is 20.5. The Morgan fingerprint density at radius 3 is 2.31 bits per heavy atom. The summed E-state index contributed by atoms with van der Waals surface area (Å²) in [7, 11) is 3.37. The lowest BCUT2D eigenvalue weighted by Gasteiger charge is -2.17. The average molecular weight is 456 g/mol. The number of hydrogen-bond acceptors (Lipinski definition) is 4. The van der Waals surface area contributed by atoms with E-state index >= 15 is 0 Å². The number of halogens is 1. The largest absolute Gasteiger partial charge is 0.496 e. The molecule has 3 aromatic carbocycles. The van der Waals surface area contributed by atoms with Gasteiger partial charge >= 0.3 is 0 Å². The predicted molar refractivity (Wildman–Crippen MR) is 120 cm³/mol. The van der Waals surface area contributed by atoms with E-state index in [-0.39, 0.29) is 0 Å². The molecule has 0 aromatic heterocycles. The molecule has 0 aliphatic carbocycles. The molecule has 0 fully saturated rings. The number of methoxy groups -OCH3 is 2. The van der Waals surface area contributed by atoms with E-state index in [9.17, 15) is 0 Å². The fourth-order valence-electron chi connectivity index (χ4n) is 3.15. The molecule has 1 N–H and O–H groups in total. The first-order valence-corrected chi connectivity index (χ1v) is 10.4. The van der Waals surface area contributed by atoms with E-state index < -0.39 is 0 Å². The quantitative estimate of drug-likeness (QED) is 0.416. The minimum Gasteiger partial charge on any atom is -0.496 e. The van der Waals surface area contributed by atoms with Crippen LogP contribution in [0.4, 0.5) is 0 Å². The molecule has 0 saturated carbocycles. The minimum absolute atomic E-state index is 0.493. The summed E-state index contributed by atoms with van der Waals surface area (Å²) in [5, 5.41) is 3.51. The first kappa shape index (κ1) is 21.2. The highest BCUT2D eigenvalue weighted by Crippen LogP contribution is 2.35. The van der Waals surface area contributed by atoms with E-state index in [4.69, 9.17) is 14.2 Å². The zero-order valence-electron chi connectivity index (χ0n) is 16.8. The summed E-state index contributed by atoms with van der Waals surface area (Å²) < 4.78 is 18.1. The summed E-state index contributed by atoms with van der Waals surface area (Å²) in [5.74, 6) is 2.41. The molecule has 3 aromatic rings. The van der Waals surface area contributed by atoms with Crippen LogP contribution in [0.5, 0.6) is 17.2 Å². The van der Waals surface area contributed by atoms with Crippen LogP contribution >= 0.6 is 15.9 Å². The fourth-order valence-corrected chi connectivity index (χ4v) is 3.64. The Balaban J connectivity index is 1.66. The van der Waals surface area contributed by atoms with E-state index in [1.54, 1.807) is 14.2 Å². The number of benzene rings is 3. The Morgan fingerprint density at radius 2 is 1.55 bits per heavy atom. The van der Waals surface area contributed by atoms with Gasteiger partial charge in [0.15, 0.2) is 11.5 Å². The molecule has 0 spiro atoms. The Hall–Kier alpha value is -2.50. The van der Waals surface area contributed by atoms with Crippen molar-refractivity contribution >= 4 is 15.9 Å². The Bertz CT molecular complexity index is 915. The molecule has 0 bridgehead atoms. The van der Waals surface area contributed by atoms with Crippen molar-refractivity contribution < 1.29 is 14.2 Å². The summed E-state index contributed by atoms with van der Waals surface area (Å²) in [5.41, 5.74) is 3.36. The van der Waals surface area contributed by atoms with Gasteiger partial charge in [0.1, 0.15) is 12.4 Å². The molecule has 0 aliphatic rings. The van der Waals surface area contributed by atoms with Gasteiger partial charge in [-0.2, -0.15) is 0 Å². The molecule has 0 radical (unpaired) electrons. The van der Waals surface area contributed by atoms with Crippen LogP contribution in [-0.4, -0.2) is 20.8 Å². The lowest BCUT2D eigenvalue weighted by molar-refractivity contribution is 0.280. The molecule has 0 unspecified atom stereocenters.